The number of amides is 1. The topological polar surface area (TPSA) is 142 Å². The summed E-state index contributed by atoms with van der Waals surface area (Å²) in [6.07, 6.45) is -3.74. The van der Waals surface area contributed by atoms with Crippen LogP contribution in [0.4, 0.5) is 19.0 Å². The predicted molar refractivity (Wildman–Crippen MR) is 108 cm³/mol. The summed E-state index contributed by atoms with van der Waals surface area (Å²) in [6, 6.07) is 1.58. The number of aromatic nitrogens is 2. The number of hydrogen-bond donors (Lipinski definition) is 4. The minimum absolute atomic E-state index is 0.0160. The molecule has 32 heavy (non-hydrogen) atoms. The molecule has 2 atom stereocenters. The van der Waals surface area contributed by atoms with Crippen LogP contribution in [0.5, 0.6) is 5.75 Å². The molecule has 0 bridgehead atoms. The van der Waals surface area contributed by atoms with E-state index in [-0.39, 0.29) is 34.2 Å². The third-order valence-corrected chi connectivity index (χ3v) is 5.50. The van der Waals surface area contributed by atoms with Crippen LogP contribution in [-0.2, 0) is 11.0 Å². The monoisotopic (exact) mass is 453 g/mol. The first-order chi connectivity index (χ1) is 14.9. The molecule has 1 aliphatic rings. The highest BCUT2D eigenvalue weighted by Crippen LogP contribution is 2.37. The Morgan fingerprint density at radius 2 is 1.94 bits per heavy atom. The average molecular weight is 453 g/mol. The Hall–Kier alpha value is -3.41. The van der Waals surface area contributed by atoms with Crippen LogP contribution in [0, 0.1) is 6.92 Å². The van der Waals surface area contributed by atoms with Crippen molar-refractivity contribution >= 4 is 17.7 Å². The molecule has 9 nitrogen and oxygen atoms in total. The normalized spacial score (nSPS) is 19.5. The number of piperidine rings is 1. The van der Waals surface area contributed by atoms with Crippen LogP contribution < -0.4 is 11.1 Å². The number of nitrogens with two attached hydrogens (primary N) is 1. The first kappa shape index (κ1) is 23.3. The molecule has 2 heterocycles. The Balaban J connectivity index is 1.93. The lowest BCUT2D eigenvalue weighted by Crippen LogP contribution is -2.49. The number of halogens is 3. The van der Waals surface area contributed by atoms with Gasteiger partial charge >= 0.3 is 12.1 Å². The molecule has 12 heteroatoms. The second-order valence-electron chi connectivity index (χ2n) is 7.70. The van der Waals surface area contributed by atoms with Crippen molar-refractivity contribution in [2.45, 2.75) is 38.0 Å². The van der Waals surface area contributed by atoms with E-state index in [0.717, 1.165) is 12.1 Å². The summed E-state index contributed by atoms with van der Waals surface area (Å²) in [4.78, 5) is 25.1. The van der Waals surface area contributed by atoms with E-state index in [4.69, 9.17) is 5.73 Å². The van der Waals surface area contributed by atoms with Crippen LogP contribution in [0.15, 0.2) is 18.2 Å². The van der Waals surface area contributed by atoms with Gasteiger partial charge in [0.2, 0.25) is 0 Å². The SMILES string of the molecule is Cc1c(-c2ccc(C(F)(F)F)cc2O)nnc(N[C@@H]2CC[C@H](C(=O)O)N(C)C2)c1C(N)=O. The largest absolute Gasteiger partial charge is 0.507 e. The maximum atomic E-state index is 12.9. The third kappa shape index (κ3) is 4.59. The number of carbonyl (C=O) groups is 2. The Bertz CT molecular complexity index is 1060. The number of carboxylic acids is 1. The molecular formula is C20H22F3N5O4. The van der Waals surface area contributed by atoms with E-state index in [1.807, 2.05) is 0 Å². The number of benzene rings is 1. The van der Waals surface area contributed by atoms with Crippen LogP contribution in [-0.4, -0.2) is 62.9 Å². The summed E-state index contributed by atoms with van der Waals surface area (Å²) in [5.74, 6) is -2.33. The van der Waals surface area contributed by atoms with Gasteiger partial charge in [0.15, 0.2) is 5.82 Å². The maximum absolute atomic E-state index is 12.9. The molecule has 1 amide bonds. The highest BCUT2D eigenvalue weighted by molar-refractivity contribution is 6.00. The van der Waals surface area contributed by atoms with Gasteiger partial charge in [-0.05, 0) is 50.6 Å². The molecule has 0 unspecified atom stereocenters. The fraction of sp³-hybridized carbons (Fsp3) is 0.400. The fourth-order valence-electron chi connectivity index (χ4n) is 3.86. The molecule has 3 rings (SSSR count). The van der Waals surface area contributed by atoms with Gasteiger partial charge in [-0.3, -0.25) is 14.5 Å². The number of phenolic OH excluding ortho intramolecular Hbond substituents is 1. The summed E-state index contributed by atoms with van der Waals surface area (Å²) in [5.41, 5.74) is 4.71. The van der Waals surface area contributed by atoms with E-state index in [1.165, 1.54) is 6.92 Å². The molecule has 1 aliphatic heterocycles. The van der Waals surface area contributed by atoms with Gasteiger partial charge in [-0.15, -0.1) is 10.2 Å². The lowest BCUT2D eigenvalue weighted by atomic mass is 9.97. The quantitative estimate of drug-likeness (QED) is 0.540. The Morgan fingerprint density at radius 3 is 2.47 bits per heavy atom. The van der Waals surface area contributed by atoms with Crippen molar-refractivity contribution in [2.75, 3.05) is 18.9 Å². The molecule has 1 saturated heterocycles. The Labute approximate surface area is 181 Å². The highest BCUT2D eigenvalue weighted by atomic mass is 19.4. The number of alkyl halides is 3. The number of likely N-dealkylation sites (tertiary alicyclic amines) is 1. The summed E-state index contributed by atoms with van der Waals surface area (Å²) >= 11 is 0. The van der Waals surface area contributed by atoms with Crippen LogP contribution in [0.3, 0.4) is 0 Å². The second-order valence-corrected chi connectivity index (χ2v) is 7.70. The van der Waals surface area contributed by atoms with Gasteiger partial charge in [0.05, 0.1) is 11.1 Å². The lowest BCUT2D eigenvalue weighted by molar-refractivity contribution is -0.144. The molecule has 5 N–H and O–H groups in total. The molecule has 1 aromatic carbocycles. The van der Waals surface area contributed by atoms with Crippen molar-refractivity contribution in [3.8, 4) is 17.0 Å². The van der Waals surface area contributed by atoms with Crippen LogP contribution >= 0.6 is 0 Å². The van der Waals surface area contributed by atoms with Crippen LogP contribution in [0.1, 0.15) is 34.3 Å². The van der Waals surface area contributed by atoms with Gasteiger partial charge in [-0.1, -0.05) is 0 Å². The molecule has 0 aliphatic carbocycles. The van der Waals surface area contributed by atoms with Crippen LogP contribution in [0.2, 0.25) is 0 Å². The molecule has 1 fully saturated rings. The predicted octanol–water partition coefficient (Wildman–Crippen LogP) is 2.23. The van der Waals surface area contributed by atoms with Crippen molar-refractivity contribution in [3.63, 3.8) is 0 Å². The zero-order valence-electron chi connectivity index (χ0n) is 17.3. The molecule has 1 aromatic heterocycles. The van der Waals surface area contributed by atoms with Gasteiger partial charge in [0.1, 0.15) is 17.5 Å². The standard InChI is InChI=1S/C20H22F3N5O4/c1-9-15(17(24)30)18(25-11-4-6-13(19(31)32)28(2)8-11)27-26-16(9)12-5-3-10(7-14(12)29)20(21,22)23/h3,5,7,11,13,29H,4,6,8H2,1-2H3,(H2,24,30)(H,25,27)(H,31,32)/t11-,13-/m1/s1. The van der Waals surface area contributed by atoms with E-state index >= 15 is 0 Å². The van der Waals surface area contributed by atoms with Gasteiger partial charge in [0.25, 0.3) is 5.91 Å². The van der Waals surface area contributed by atoms with Gasteiger partial charge in [-0.2, -0.15) is 13.2 Å². The number of nitrogens with zero attached hydrogens (tertiary/aromatic N) is 3. The first-order valence-electron chi connectivity index (χ1n) is 9.67. The van der Waals surface area contributed by atoms with Crippen molar-refractivity contribution in [3.05, 3.63) is 34.9 Å². The van der Waals surface area contributed by atoms with Crippen molar-refractivity contribution in [1.82, 2.24) is 15.1 Å². The smallest absolute Gasteiger partial charge is 0.416 e. The number of hydrogen-bond acceptors (Lipinski definition) is 7. The molecule has 0 radical (unpaired) electrons. The third-order valence-electron chi connectivity index (χ3n) is 5.50. The van der Waals surface area contributed by atoms with E-state index in [9.17, 15) is 33.0 Å². The summed E-state index contributed by atoms with van der Waals surface area (Å²) in [7, 11) is 1.68. The highest BCUT2D eigenvalue weighted by Gasteiger charge is 2.33. The van der Waals surface area contributed by atoms with E-state index in [2.05, 4.69) is 15.5 Å². The number of primary amides is 1. The second kappa shape index (κ2) is 8.61. The first-order valence-corrected chi connectivity index (χ1v) is 9.67. The number of aromatic hydroxyl groups is 1. The molecule has 0 spiro atoms. The summed E-state index contributed by atoms with van der Waals surface area (Å²) in [5, 5.41) is 30.4. The van der Waals surface area contributed by atoms with Crippen LogP contribution in [0.25, 0.3) is 11.3 Å². The average Bonchev–Trinajstić information content (AvgIpc) is 2.67. The molecule has 172 valence electrons. The molecular weight excluding hydrogens is 431 g/mol. The number of rotatable bonds is 5. The number of carboxylic acid groups (broad SMARTS) is 1. The minimum atomic E-state index is -4.63. The Morgan fingerprint density at radius 1 is 1.25 bits per heavy atom. The number of nitrogens with one attached hydrogen (secondary N) is 1. The van der Waals surface area contributed by atoms with Crippen molar-refractivity contribution < 1.29 is 33.0 Å². The number of likely N-dealkylation sites (N-methyl/N-ethyl adjacent to an activating group) is 1. The van der Waals surface area contributed by atoms with Crippen molar-refractivity contribution in [1.29, 1.82) is 0 Å². The van der Waals surface area contributed by atoms with Gasteiger partial charge < -0.3 is 21.3 Å². The van der Waals surface area contributed by atoms with Gasteiger partial charge in [-0.25, -0.2) is 0 Å². The maximum Gasteiger partial charge on any atom is 0.416 e. The number of aliphatic carboxylic acids is 1. The number of anilines is 1. The van der Waals surface area contributed by atoms with E-state index < -0.39 is 35.4 Å². The lowest BCUT2D eigenvalue weighted by Gasteiger charge is -2.35. The minimum Gasteiger partial charge on any atom is -0.507 e. The molecule has 2 aromatic rings. The summed E-state index contributed by atoms with van der Waals surface area (Å²) in [6.45, 7) is 1.87. The zero-order chi connectivity index (χ0) is 23.8. The fourth-order valence-corrected chi connectivity index (χ4v) is 3.86. The van der Waals surface area contributed by atoms with Gasteiger partial charge in [0, 0.05) is 18.2 Å². The van der Waals surface area contributed by atoms with Crippen molar-refractivity contribution in [2.24, 2.45) is 5.73 Å². The van der Waals surface area contributed by atoms with E-state index in [1.54, 1.807) is 11.9 Å². The number of carbonyl (C=O) groups excluding carboxylic acids is 1. The van der Waals surface area contributed by atoms with E-state index in [0.29, 0.717) is 25.5 Å². The zero-order valence-corrected chi connectivity index (χ0v) is 17.3. The number of phenols is 1. The molecule has 0 saturated carbocycles. The Kier molecular flexibility index (Phi) is 6.26. The summed E-state index contributed by atoms with van der Waals surface area (Å²) < 4.78 is 38.6.